The monoisotopic (exact) mass is 600 g/mol. The van der Waals surface area contributed by atoms with Crippen LogP contribution in [0.1, 0.15) is 33.4 Å². The van der Waals surface area contributed by atoms with Crippen molar-refractivity contribution in [2.45, 2.75) is 0 Å². The van der Waals surface area contributed by atoms with Crippen LogP contribution in [0.2, 0.25) is 0 Å². The summed E-state index contributed by atoms with van der Waals surface area (Å²) in [5.74, 6) is -4.51. The number of aromatic nitrogens is 2. The van der Waals surface area contributed by atoms with Gasteiger partial charge in [0.25, 0.3) is 0 Å². The van der Waals surface area contributed by atoms with Crippen LogP contribution in [-0.2, 0) is 0 Å². The predicted molar refractivity (Wildman–Crippen MR) is 157 cm³/mol. The maximum atomic E-state index is 16.4. The lowest BCUT2D eigenvalue weighted by Crippen LogP contribution is -2.04. The first-order valence-corrected chi connectivity index (χ1v) is 13.6. The molecule has 0 aliphatic carbocycles. The second-order valence-corrected chi connectivity index (χ2v) is 10.1. The summed E-state index contributed by atoms with van der Waals surface area (Å²) >= 11 is 0.738. The van der Waals surface area contributed by atoms with Gasteiger partial charge in [0.1, 0.15) is 34.3 Å². The highest BCUT2D eigenvalue weighted by atomic mass is 32.1. The minimum Gasteiger partial charge on any atom is -0.207 e. The van der Waals surface area contributed by atoms with Gasteiger partial charge in [0, 0.05) is 0 Å². The van der Waals surface area contributed by atoms with Gasteiger partial charge in [-0.1, -0.05) is 48.5 Å². The standard InChI is InChI=1S/C34H18F6N2S/c35-23-9-1-19(2-10-23)17-27(21-5-13-25(37)14-6-21)29-31(39)32(40)30(34-33(29)41-43-42-34)28(22-7-15-26(38)16-8-22)18-20-3-11-24(36)12-4-20/h1-18H/b27-17+,28-18+. The fraction of sp³-hybridized carbons (Fsp3) is 0. The summed E-state index contributed by atoms with van der Waals surface area (Å²) in [6, 6.07) is 21.2. The summed E-state index contributed by atoms with van der Waals surface area (Å²) in [6.45, 7) is 0. The molecule has 0 unspecified atom stereocenters. The van der Waals surface area contributed by atoms with E-state index in [1.54, 1.807) is 0 Å². The molecule has 5 aromatic carbocycles. The molecule has 0 aliphatic heterocycles. The molecule has 6 aromatic rings. The average molecular weight is 601 g/mol. The van der Waals surface area contributed by atoms with E-state index >= 15 is 8.78 Å². The first-order chi connectivity index (χ1) is 20.8. The number of halogens is 6. The van der Waals surface area contributed by atoms with E-state index in [1.165, 1.54) is 109 Å². The lowest BCUT2D eigenvalue weighted by Gasteiger charge is -2.16. The Labute approximate surface area is 246 Å². The first-order valence-electron chi connectivity index (χ1n) is 12.9. The first kappa shape index (κ1) is 28.1. The molecule has 212 valence electrons. The zero-order chi connectivity index (χ0) is 30.1. The van der Waals surface area contributed by atoms with Crippen LogP contribution < -0.4 is 0 Å². The Morgan fingerprint density at radius 3 is 1.07 bits per heavy atom. The SMILES string of the molecule is Fc1ccc(/C=C(\c2ccc(F)cc2)c2c(F)c(F)c(/C(=C/c3ccc(F)cc3)c3ccc(F)cc3)c3nsnc23)cc1. The van der Waals surface area contributed by atoms with Crippen LogP contribution in [0.4, 0.5) is 26.3 Å². The van der Waals surface area contributed by atoms with Gasteiger partial charge in [-0.3, -0.25) is 0 Å². The number of hydrogen-bond acceptors (Lipinski definition) is 3. The Bertz CT molecular complexity index is 1850. The molecule has 0 amide bonds. The molecular formula is C34H18F6N2S. The number of hydrogen-bond donors (Lipinski definition) is 0. The molecule has 2 nitrogen and oxygen atoms in total. The van der Waals surface area contributed by atoms with Gasteiger partial charge in [-0.2, -0.15) is 8.75 Å². The molecule has 0 bridgehead atoms. The third kappa shape index (κ3) is 5.72. The number of nitrogens with zero attached hydrogens (tertiary/aromatic N) is 2. The second kappa shape index (κ2) is 11.7. The molecule has 1 aromatic heterocycles. The number of fused-ring (bicyclic) bond motifs is 1. The van der Waals surface area contributed by atoms with Gasteiger partial charge < -0.3 is 0 Å². The molecule has 0 N–H and O–H groups in total. The Morgan fingerprint density at radius 1 is 0.442 bits per heavy atom. The molecule has 0 aliphatic rings. The van der Waals surface area contributed by atoms with Crippen LogP contribution in [0.15, 0.2) is 97.1 Å². The highest BCUT2D eigenvalue weighted by molar-refractivity contribution is 7.00. The maximum absolute atomic E-state index is 16.4. The number of rotatable bonds is 6. The van der Waals surface area contributed by atoms with Crippen LogP contribution >= 0.6 is 11.7 Å². The van der Waals surface area contributed by atoms with E-state index in [-0.39, 0.29) is 33.3 Å². The minimum absolute atomic E-state index is 0.0312. The van der Waals surface area contributed by atoms with Crippen molar-refractivity contribution < 1.29 is 26.3 Å². The largest absolute Gasteiger partial charge is 0.207 e. The molecule has 1 heterocycles. The molecule has 0 radical (unpaired) electrons. The molecular weight excluding hydrogens is 582 g/mol. The van der Waals surface area contributed by atoms with Crippen molar-refractivity contribution >= 4 is 46.1 Å². The summed E-state index contributed by atoms with van der Waals surface area (Å²) in [6.07, 6.45) is 3.05. The van der Waals surface area contributed by atoms with Gasteiger partial charge in [0.05, 0.1) is 22.9 Å². The Morgan fingerprint density at radius 2 is 0.744 bits per heavy atom. The van der Waals surface area contributed by atoms with Gasteiger partial charge in [0.15, 0.2) is 11.6 Å². The number of benzene rings is 5. The smallest absolute Gasteiger partial charge is 0.169 e. The molecule has 0 saturated heterocycles. The van der Waals surface area contributed by atoms with Gasteiger partial charge >= 0.3 is 0 Å². The van der Waals surface area contributed by atoms with Crippen LogP contribution in [0.5, 0.6) is 0 Å². The second-order valence-electron chi connectivity index (χ2n) is 9.57. The van der Waals surface area contributed by atoms with Crippen molar-refractivity contribution in [1.82, 2.24) is 8.75 Å². The Hall–Kier alpha value is -5.02. The zero-order valence-electron chi connectivity index (χ0n) is 22.0. The minimum atomic E-state index is -1.25. The highest BCUT2D eigenvalue weighted by Gasteiger charge is 2.28. The zero-order valence-corrected chi connectivity index (χ0v) is 22.8. The van der Waals surface area contributed by atoms with E-state index in [1.807, 2.05) is 0 Å². The molecule has 0 fully saturated rings. The third-order valence-corrected chi connectivity index (χ3v) is 7.33. The van der Waals surface area contributed by atoms with Gasteiger partial charge in [-0.05, 0) is 94.1 Å². The van der Waals surface area contributed by atoms with Crippen molar-refractivity contribution in [2.24, 2.45) is 0 Å². The maximum Gasteiger partial charge on any atom is 0.169 e. The van der Waals surface area contributed by atoms with Crippen molar-refractivity contribution in [3.63, 3.8) is 0 Å². The van der Waals surface area contributed by atoms with E-state index < -0.39 is 34.9 Å². The van der Waals surface area contributed by atoms with Crippen LogP contribution in [-0.4, -0.2) is 8.75 Å². The fourth-order valence-corrected chi connectivity index (χ4v) is 5.31. The molecule has 0 saturated carbocycles. The van der Waals surface area contributed by atoms with E-state index in [0.717, 1.165) is 11.7 Å². The molecule has 6 rings (SSSR count). The molecule has 0 spiro atoms. The normalized spacial score (nSPS) is 12.2. The van der Waals surface area contributed by atoms with Crippen molar-refractivity contribution in [2.75, 3.05) is 0 Å². The molecule has 0 atom stereocenters. The quantitative estimate of drug-likeness (QED) is 0.141. The van der Waals surface area contributed by atoms with Crippen LogP contribution in [0.25, 0.3) is 34.3 Å². The predicted octanol–water partition coefficient (Wildman–Crippen LogP) is 9.70. The topological polar surface area (TPSA) is 25.8 Å². The van der Waals surface area contributed by atoms with Crippen molar-refractivity contribution in [3.8, 4) is 0 Å². The Kier molecular flexibility index (Phi) is 7.65. The van der Waals surface area contributed by atoms with Gasteiger partial charge in [-0.15, -0.1) is 0 Å². The summed E-state index contributed by atoms with van der Waals surface area (Å²) in [5, 5.41) is 0. The summed E-state index contributed by atoms with van der Waals surface area (Å²) in [7, 11) is 0. The lowest BCUT2D eigenvalue weighted by molar-refractivity contribution is 0.506. The molecule has 43 heavy (non-hydrogen) atoms. The fourth-order valence-electron chi connectivity index (χ4n) is 4.75. The van der Waals surface area contributed by atoms with E-state index in [0.29, 0.717) is 22.3 Å². The summed E-state index contributed by atoms with van der Waals surface area (Å²) < 4.78 is 96.4. The van der Waals surface area contributed by atoms with Crippen LogP contribution in [0, 0.1) is 34.9 Å². The highest BCUT2D eigenvalue weighted by Crippen LogP contribution is 2.41. The lowest BCUT2D eigenvalue weighted by atomic mass is 9.89. The van der Waals surface area contributed by atoms with E-state index in [2.05, 4.69) is 8.75 Å². The van der Waals surface area contributed by atoms with Gasteiger partial charge in [-0.25, -0.2) is 26.3 Å². The molecule has 9 heteroatoms. The van der Waals surface area contributed by atoms with Crippen molar-refractivity contribution in [3.05, 3.63) is 165 Å². The third-order valence-electron chi connectivity index (χ3n) is 6.80. The van der Waals surface area contributed by atoms with E-state index in [4.69, 9.17) is 0 Å². The summed E-state index contributed by atoms with van der Waals surface area (Å²) in [4.78, 5) is 0. The average Bonchev–Trinajstić information content (AvgIpc) is 3.48. The summed E-state index contributed by atoms with van der Waals surface area (Å²) in [5.41, 5.74) is 1.61. The van der Waals surface area contributed by atoms with Crippen molar-refractivity contribution in [1.29, 1.82) is 0 Å². The van der Waals surface area contributed by atoms with Gasteiger partial charge in [0.2, 0.25) is 0 Å². The van der Waals surface area contributed by atoms with Crippen LogP contribution in [0.3, 0.4) is 0 Å². The van der Waals surface area contributed by atoms with E-state index in [9.17, 15) is 17.6 Å². The Balaban J connectivity index is 1.64.